The first-order chi connectivity index (χ1) is 8.13. The highest BCUT2D eigenvalue weighted by atomic mass is 16.5. The summed E-state index contributed by atoms with van der Waals surface area (Å²) >= 11 is 0. The summed E-state index contributed by atoms with van der Waals surface area (Å²) in [7, 11) is 0. The largest absolute Gasteiger partial charge is 0.480 e. The summed E-state index contributed by atoms with van der Waals surface area (Å²) in [4.78, 5) is 22.3. The number of hydrogen-bond donors (Lipinski definition) is 2. The first-order valence-electron chi connectivity index (χ1n) is 6.27. The average molecular weight is 243 g/mol. The van der Waals surface area contributed by atoms with E-state index in [1.54, 1.807) is 6.92 Å². The molecule has 0 bridgehead atoms. The molecule has 17 heavy (non-hydrogen) atoms. The molecule has 0 aliphatic carbocycles. The quantitative estimate of drug-likeness (QED) is 0.737. The SMILES string of the molecule is CCC(NC(=O)CCC1CCCCO1)C(=O)O. The molecule has 0 aromatic heterocycles. The van der Waals surface area contributed by atoms with Gasteiger partial charge in [-0.1, -0.05) is 6.92 Å². The molecule has 1 aliphatic heterocycles. The maximum Gasteiger partial charge on any atom is 0.326 e. The van der Waals surface area contributed by atoms with E-state index in [2.05, 4.69) is 5.32 Å². The fourth-order valence-electron chi connectivity index (χ4n) is 1.93. The second kappa shape index (κ2) is 7.27. The van der Waals surface area contributed by atoms with Crippen molar-refractivity contribution in [2.45, 2.75) is 57.6 Å². The third kappa shape index (κ3) is 5.17. The lowest BCUT2D eigenvalue weighted by atomic mass is 10.0. The molecule has 1 rings (SSSR count). The lowest BCUT2D eigenvalue weighted by Gasteiger charge is -2.22. The van der Waals surface area contributed by atoms with E-state index in [0.29, 0.717) is 19.3 Å². The van der Waals surface area contributed by atoms with E-state index in [1.807, 2.05) is 0 Å². The fraction of sp³-hybridized carbons (Fsp3) is 0.833. The third-order valence-electron chi connectivity index (χ3n) is 3.01. The van der Waals surface area contributed by atoms with Crippen LogP contribution in [0.25, 0.3) is 0 Å². The highest BCUT2D eigenvalue weighted by Gasteiger charge is 2.19. The van der Waals surface area contributed by atoms with E-state index in [9.17, 15) is 9.59 Å². The van der Waals surface area contributed by atoms with Crippen LogP contribution in [0.4, 0.5) is 0 Å². The zero-order valence-corrected chi connectivity index (χ0v) is 10.3. The summed E-state index contributed by atoms with van der Waals surface area (Å²) in [6.45, 7) is 2.52. The Balaban J connectivity index is 2.21. The Hall–Kier alpha value is -1.10. The van der Waals surface area contributed by atoms with Gasteiger partial charge in [-0.3, -0.25) is 4.79 Å². The highest BCUT2D eigenvalue weighted by molar-refractivity contribution is 5.83. The van der Waals surface area contributed by atoms with Crippen LogP contribution < -0.4 is 5.32 Å². The Bertz CT molecular complexity index is 261. The van der Waals surface area contributed by atoms with Crippen LogP contribution in [0.2, 0.25) is 0 Å². The molecular weight excluding hydrogens is 222 g/mol. The van der Waals surface area contributed by atoms with Crippen LogP contribution in [-0.2, 0) is 14.3 Å². The lowest BCUT2D eigenvalue weighted by Crippen LogP contribution is -2.40. The number of ether oxygens (including phenoxy) is 1. The van der Waals surface area contributed by atoms with Crippen molar-refractivity contribution in [2.75, 3.05) is 6.61 Å². The summed E-state index contributed by atoms with van der Waals surface area (Å²) in [5.74, 6) is -1.18. The number of hydrogen-bond acceptors (Lipinski definition) is 3. The lowest BCUT2D eigenvalue weighted by molar-refractivity contribution is -0.142. The Morgan fingerprint density at radius 1 is 1.47 bits per heavy atom. The summed E-state index contributed by atoms with van der Waals surface area (Å²) in [5.41, 5.74) is 0. The molecule has 0 aromatic rings. The van der Waals surface area contributed by atoms with Gasteiger partial charge in [-0.05, 0) is 32.1 Å². The monoisotopic (exact) mass is 243 g/mol. The first-order valence-corrected chi connectivity index (χ1v) is 6.27. The molecule has 0 aromatic carbocycles. The van der Waals surface area contributed by atoms with Crippen molar-refractivity contribution in [3.63, 3.8) is 0 Å². The third-order valence-corrected chi connectivity index (χ3v) is 3.01. The molecule has 1 amide bonds. The second-order valence-corrected chi connectivity index (χ2v) is 4.39. The molecule has 5 nitrogen and oxygen atoms in total. The maximum absolute atomic E-state index is 11.5. The minimum Gasteiger partial charge on any atom is -0.480 e. The topological polar surface area (TPSA) is 75.6 Å². The number of amides is 1. The van der Waals surface area contributed by atoms with E-state index in [0.717, 1.165) is 25.9 Å². The zero-order valence-electron chi connectivity index (χ0n) is 10.3. The molecule has 1 heterocycles. The molecule has 0 spiro atoms. The van der Waals surface area contributed by atoms with Gasteiger partial charge in [-0.2, -0.15) is 0 Å². The predicted molar refractivity (Wildman–Crippen MR) is 62.7 cm³/mol. The van der Waals surface area contributed by atoms with Gasteiger partial charge in [0.1, 0.15) is 6.04 Å². The Morgan fingerprint density at radius 3 is 2.76 bits per heavy atom. The van der Waals surface area contributed by atoms with Crippen LogP contribution >= 0.6 is 0 Å². The molecule has 5 heteroatoms. The summed E-state index contributed by atoms with van der Waals surface area (Å²) in [6, 6.07) is -0.769. The van der Waals surface area contributed by atoms with Gasteiger partial charge in [0.05, 0.1) is 6.10 Å². The Labute approximate surface area is 102 Å². The molecule has 2 atom stereocenters. The molecule has 98 valence electrons. The van der Waals surface area contributed by atoms with E-state index in [4.69, 9.17) is 9.84 Å². The van der Waals surface area contributed by atoms with Gasteiger partial charge >= 0.3 is 5.97 Å². The van der Waals surface area contributed by atoms with E-state index >= 15 is 0 Å². The van der Waals surface area contributed by atoms with Crippen molar-refractivity contribution in [2.24, 2.45) is 0 Å². The minimum atomic E-state index is -0.977. The van der Waals surface area contributed by atoms with E-state index < -0.39 is 12.0 Å². The minimum absolute atomic E-state index is 0.166. The van der Waals surface area contributed by atoms with E-state index in [-0.39, 0.29) is 12.0 Å². The molecule has 0 saturated carbocycles. The first kappa shape index (κ1) is 14.0. The standard InChI is InChI=1S/C12H21NO4/c1-2-10(12(15)16)13-11(14)7-6-9-5-3-4-8-17-9/h9-10H,2-8H2,1H3,(H,13,14)(H,15,16). The number of carbonyl (C=O) groups excluding carboxylic acids is 1. The van der Waals surface area contributed by atoms with Gasteiger partial charge in [0.25, 0.3) is 0 Å². The average Bonchev–Trinajstić information content (AvgIpc) is 2.34. The maximum atomic E-state index is 11.5. The molecule has 1 saturated heterocycles. The van der Waals surface area contributed by atoms with Gasteiger partial charge < -0.3 is 15.2 Å². The van der Waals surface area contributed by atoms with Crippen molar-refractivity contribution in [1.82, 2.24) is 5.32 Å². The highest BCUT2D eigenvalue weighted by Crippen LogP contribution is 2.16. The second-order valence-electron chi connectivity index (χ2n) is 4.39. The van der Waals surface area contributed by atoms with Crippen LogP contribution in [0, 0.1) is 0 Å². The van der Waals surface area contributed by atoms with Crippen molar-refractivity contribution in [3.8, 4) is 0 Å². The van der Waals surface area contributed by atoms with Crippen LogP contribution in [0.5, 0.6) is 0 Å². The smallest absolute Gasteiger partial charge is 0.326 e. The predicted octanol–water partition coefficient (Wildman–Crippen LogP) is 1.32. The van der Waals surface area contributed by atoms with Crippen LogP contribution in [0.3, 0.4) is 0 Å². The molecule has 0 radical (unpaired) electrons. The van der Waals surface area contributed by atoms with Gasteiger partial charge in [0, 0.05) is 13.0 Å². The molecule has 2 unspecified atom stereocenters. The summed E-state index contributed by atoms with van der Waals surface area (Å²) < 4.78 is 5.51. The van der Waals surface area contributed by atoms with Gasteiger partial charge in [-0.25, -0.2) is 4.79 Å². The number of carboxylic acids is 1. The van der Waals surface area contributed by atoms with Crippen molar-refractivity contribution in [1.29, 1.82) is 0 Å². The number of carbonyl (C=O) groups is 2. The van der Waals surface area contributed by atoms with Crippen molar-refractivity contribution >= 4 is 11.9 Å². The van der Waals surface area contributed by atoms with Crippen molar-refractivity contribution < 1.29 is 19.4 Å². The normalized spacial score (nSPS) is 21.8. The number of carboxylic acid groups (broad SMARTS) is 1. The van der Waals surface area contributed by atoms with Gasteiger partial charge in [0.15, 0.2) is 0 Å². The molecule has 2 N–H and O–H groups in total. The number of rotatable bonds is 6. The molecular formula is C12H21NO4. The van der Waals surface area contributed by atoms with Crippen LogP contribution in [-0.4, -0.2) is 35.7 Å². The van der Waals surface area contributed by atoms with Crippen molar-refractivity contribution in [3.05, 3.63) is 0 Å². The number of nitrogens with one attached hydrogen (secondary N) is 1. The van der Waals surface area contributed by atoms with Crippen LogP contribution in [0.15, 0.2) is 0 Å². The van der Waals surface area contributed by atoms with Crippen LogP contribution in [0.1, 0.15) is 45.4 Å². The number of aliphatic carboxylic acids is 1. The summed E-state index contributed by atoms with van der Waals surface area (Å²) in [5, 5.41) is 11.3. The summed E-state index contributed by atoms with van der Waals surface area (Å²) in [6.07, 6.45) is 4.85. The van der Waals surface area contributed by atoms with E-state index in [1.165, 1.54) is 0 Å². The molecule has 1 aliphatic rings. The molecule has 1 fully saturated rings. The van der Waals surface area contributed by atoms with Gasteiger partial charge in [0.2, 0.25) is 5.91 Å². The fourth-order valence-corrected chi connectivity index (χ4v) is 1.93. The Kier molecular flexibility index (Phi) is 5.97. The Morgan fingerprint density at radius 2 is 2.24 bits per heavy atom. The zero-order chi connectivity index (χ0) is 12.7. The van der Waals surface area contributed by atoms with Gasteiger partial charge in [-0.15, -0.1) is 0 Å².